The lowest BCUT2D eigenvalue weighted by molar-refractivity contribution is -0.147. The number of esters is 1. The first kappa shape index (κ1) is 14.5. The molecule has 0 bridgehead atoms. The summed E-state index contributed by atoms with van der Waals surface area (Å²) in [4.78, 5) is 13.8. The molecule has 2 unspecified atom stereocenters. The third-order valence-electron chi connectivity index (χ3n) is 3.84. The first-order valence-electron chi connectivity index (χ1n) is 6.99. The van der Waals surface area contributed by atoms with E-state index in [-0.39, 0.29) is 17.8 Å². The van der Waals surface area contributed by atoms with E-state index in [2.05, 4.69) is 11.0 Å². The molecule has 1 aliphatic rings. The fraction of sp³-hybridized carbons (Fsp3) is 0.500. The van der Waals surface area contributed by atoms with Gasteiger partial charge in [0.25, 0.3) is 0 Å². The lowest BCUT2D eigenvalue weighted by atomic mass is 9.95. The van der Waals surface area contributed by atoms with Crippen LogP contribution in [0.25, 0.3) is 0 Å². The predicted octanol–water partition coefficient (Wildman–Crippen LogP) is 2.18. The van der Waals surface area contributed by atoms with Crippen LogP contribution in [0.5, 0.6) is 0 Å². The molecule has 0 amide bonds. The highest BCUT2D eigenvalue weighted by molar-refractivity contribution is 5.72. The zero-order chi connectivity index (χ0) is 14.4. The van der Waals surface area contributed by atoms with E-state index in [4.69, 9.17) is 4.74 Å². The third kappa shape index (κ3) is 3.58. The van der Waals surface area contributed by atoms with E-state index < -0.39 is 0 Å². The summed E-state index contributed by atoms with van der Waals surface area (Å²) in [5.74, 6) is -0.334. The Morgan fingerprint density at radius 1 is 1.50 bits per heavy atom. The molecule has 1 saturated heterocycles. The largest absolute Gasteiger partial charge is 0.469 e. The monoisotopic (exact) mass is 272 g/mol. The smallest absolute Gasteiger partial charge is 0.309 e. The molecule has 0 aromatic heterocycles. The normalized spacial score (nSPS) is 20.9. The summed E-state index contributed by atoms with van der Waals surface area (Å²) in [7, 11) is 1.43. The van der Waals surface area contributed by atoms with E-state index in [0.717, 1.165) is 24.9 Å². The second-order valence-electron chi connectivity index (χ2n) is 5.21. The molecule has 0 spiro atoms. The molecule has 2 rings (SSSR count). The van der Waals surface area contributed by atoms with Crippen LogP contribution >= 0.6 is 0 Å². The summed E-state index contributed by atoms with van der Waals surface area (Å²) < 4.78 is 4.82. The fourth-order valence-corrected chi connectivity index (χ4v) is 2.74. The minimum absolute atomic E-state index is 0.0520. The minimum atomic E-state index is -0.146. The average Bonchev–Trinajstić information content (AvgIpc) is 2.53. The van der Waals surface area contributed by atoms with Gasteiger partial charge >= 0.3 is 5.97 Å². The molecular weight excluding hydrogens is 252 g/mol. The van der Waals surface area contributed by atoms with Crippen LogP contribution in [0.1, 0.15) is 24.3 Å². The van der Waals surface area contributed by atoms with Gasteiger partial charge in [-0.3, -0.25) is 4.79 Å². The van der Waals surface area contributed by atoms with E-state index in [1.165, 1.54) is 7.11 Å². The van der Waals surface area contributed by atoms with Gasteiger partial charge in [0, 0.05) is 13.1 Å². The van der Waals surface area contributed by atoms with Gasteiger partial charge in [0.05, 0.1) is 25.0 Å². The molecule has 1 aliphatic heterocycles. The van der Waals surface area contributed by atoms with E-state index in [0.29, 0.717) is 13.1 Å². The van der Waals surface area contributed by atoms with Gasteiger partial charge in [0.15, 0.2) is 0 Å². The molecule has 0 N–H and O–H groups in total. The summed E-state index contributed by atoms with van der Waals surface area (Å²) in [5, 5.41) is 9.36. The highest BCUT2D eigenvalue weighted by Crippen LogP contribution is 2.22. The Labute approximate surface area is 120 Å². The van der Waals surface area contributed by atoms with E-state index in [1.807, 2.05) is 30.3 Å². The number of hydrogen-bond acceptors (Lipinski definition) is 4. The third-order valence-corrected chi connectivity index (χ3v) is 3.84. The standard InChI is InChI=1S/C16H20N2O2/c1-20-16(19)14-8-5-9-18(11-14)12-15(10-17)13-6-3-2-4-7-13/h2-4,6-7,14-15H,5,8-9,11-12H2,1H3. The molecule has 1 aromatic rings. The van der Waals surface area contributed by atoms with Gasteiger partial charge < -0.3 is 9.64 Å². The Morgan fingerprint density at radius 3 is 2.90 bits per heavy atom. The lowest BCUT2D eigenvalue weighted by Crippen LogP contribution is -2.40. The van der Waals surface area contributed by atoms with E-state index >= 15 is 0 Å². The number of likely N-dealkylation sites (tertiary alicyclic amines) is 1. The summed E-state index contributed by atoms with van der Waals surface area (Å²) in [5.41, 5.74) is 1.04. The number of nitrogens with zero attached hydrogens (tertiary/aromatic N) is 2. The van der Waals surface area contributed by atoms with Gasteiger partial charge in [0.2, 0.25) is 0 Å². The number of carbonyl (C=O) groups is 1. The fourth-order valence-electron chi connectivity index (χ4n) is 2.74. The average molecular weight is 272 g/mol. The van der Waals surface area contributed by atoms with Gasteiger partial charge in [0.1, 0.15) is 0 Å². The summed E-state index contributed by atoms with van der Waals surface area (Å²) in [6.45, 7) is 2.31. The Hall–Kier alpha value is -1.86. The van der Waals surface area contributed by atoms with Crippen molar-refractivity contribution in [1.82, 2.24) is 4.90 Å². The number of ether oxygens (including phenoxy) is 1. The second-order valence-corrected chi connectivity index (χ2v) is 5.21. The van der Waals surface area contributed by atoms with Crippen LogP contribution in [0.4, 0.5) is 0 Å². The number of nitriles is 1. The maximum atomic E-state index is 11.6. The molecule has 2 atom stereocenters. The summed E-state index contributed by atoms with van der Waals surface area (Å²) >= 11 is 0. The van der Waals surface area contributed by atoms with Crippen LogP contribution in [-0.4, -0.2) is 37.6 Å². The molecule has 4 nitrogen and oxygen atoms in total. The Balaban J connectivity index is 1.98. The van der Waals surface area contributed by atoms with Gasteiger partial charge in [-0.2, -0.15) is 5.26 Å². The van der Waals surface area contributed by atoms with Crippen LogP contribution in [0.15, 0.2) is 30.3 Å². The zero-order valence-electron chi connectivity index (χ0n) is 11.8. The molecule has 0 radical (unpaired) electrons. The van der Waals surface area contributed by atoms with Crippen LogP contribution in [0.3, 0.4) is 0 Å². The molecule has 0 aliphatic carbocycles. The van der Waals surface area contributed by atoms with E-state index in [9.17, 15) is 10.1 Å². The Kier molecular flexibility index (Phi) is 5.14. The Morgan fingerprint density at radius 2 is 2.25 bits per heavy atom. The maximum Gasteiger partial charge on any atom is 0.309 e. The van der Waals surface area contributed by atoms with Crippen LogP contribution in [0.2, 0.25) is 0 Å². The highest BCUT2D eigenvalue weighted by Gasteiger charge is 2.27. The van der Waals surface area contributed by atoms with Crippen molar-refractivity contribution >= 4 is 5.97 Å². The number of rotatable bonds is 4. The highest BCUT2D eigenvalue weighted by atomic mass is 16.5. The first-order chi connectivity index (χ1) is 9.74. The summed E-state index contributed by atoms with van der Waals surface area (Å²) in [6.07, 6.45) is 1.86. The van der Waals surface area contributed by atoms with Crippen molar-refractivity contribution in [1.29, 1.82) is 5.26 Å². The SMILES string of the molecule is COC(=O)C1CCCN(CC(C#N)c2ccccc2)C1. The molecule has 4 heteroatoms. The summed E-state index contributed by atoms with van der Waals surface area (Å²) in [6, 6.07) is 12.2. The van der Waals surface area contributed by atoms with Crippen LogP contribution < -0.4 is 0 Å². The predicted molar refractivity (Wildman–Crippen MR) is 76.0 cm³/mol. The number of piperidine rings is 1. The van der Waals surface area contributed by atoms with Gasteiger partial charge in [-0.25, -0.2) is 0 Å². The molecule has 0 saturated carbocycles. The number of hydrogen-bond donors (Lipinski definition) is 0. The van der Waals surface area contributed by atoms with Crippen molar-refractivity contribution in [2.24, 2.45) is 5.92 Å². The van der Waals surface area contributed by atoms with Crippen molar-refractivity contribution in [3.8, 4) is 6.07 Å². The van der Waals surface area contributed by atoms with Gasteiger partial charge in [-0.05, 0) is 24.9 Å². The van der Waals surface area contributed by atoms with Crippen molar-refractivity contribution in [3.63, 3.8) is 0 Å². The lowest BCUT2D eigenvalue weighted by Gasteiger charge is -2.32. The van der Waals surface area contributed by atoms with Crippen molar-refractivity contribution in [3.05, 3.63) is 35.9 Å². The number of benzene rings is 1. The van der Waals surface area contributed by atoms with Crippen molar-refractivity contribution < 1.29 is 9.53 Å². The minimum Gasteiger partial charge on any atom is -0.469 e. The molecule has 1 fully saturated rings. The maximum absolute atomic E-state index is 11.6. The molecule has 106 valence electrons. The van der Waals surface area contributed by atoms with Gasteiger partial charge in [-0.15, -0.1) is 0 Å². The van der Waals surface area contributed by atoms with Crippen LogP contribution in [0, 0.1) is 17.2 Å². The van der Waals surface area contributed by atoms with Crippen molar-refractivity contribution in [2.75, 3.05) is 26.7 Å². The quantitative estimate of drug-likeness (QED) is 0.788. The topological polar surface area (TPSA) is 53.3 Å². The molecule has 1 aromatic carbocycles. The zero-order valence-corrected chi connectivity index (χ0v) is 11.8. The Bertz CT molecular complexity index is 481. The van der Waals surface area contributed by atoms with Crippen molar-refractivity contribution in [2.45, 2.75) is 18.8 Å². The number of carbonyl (C=O) groups excluding carboxylic acids is 1. The van der Waals surface area contributed by atoms with Crippen LogP contribution in [-0.2, 0) is 9.53 Å². The molecule has 1 heterocycles. The molecular formula is C16H20N2O2. The first-order valence-corrected chi connectivity index (χ1v) is 6.99. The van der Waals surface area contributed by atoms with E-state index in [1.54, 1.807) is 0 Å². The molecule has 20 heavy (non-hydrogen) atoms. The number of methoxy groups -OCH3 is 1. The second kappa shape index (κ2) is 7.06. The van der Waals surface area contributed by atoms with Gasteiger partial charge in [-0.1, -0.05) is 30.3 Å².